The molecule has 4 aliphatic rings. The lowest BCUT2D eigenvalue weighted by Gasteiger charge is -2.27. The molecule has 2 aliphatic heterocycles. The fourth-order valence-corrected chi connectivity index (χ4v) is 17.4. The molecule has 2 saturated carbocycles. The van der Waals surface area contributed by atoms with Gasteiger partial charge in [0.1, 0.15) is 68.7 Å². The van der Waals surface area contributed by atoms with Gasteiger partial charge in [-0.05, 0) is 175 Å². The van der Waals surface area contributed by atoms with E-state index < -0.39 is 83.4 Å². The quantitative estimate of drug-likeness (QED) is 0.0222. The van der Waals surface area contributed by atoms with Crippen molar-refractivity contribution in [2.45, 2.75) is 129 Å². The molecular weight excluding hydrogens is 2060 g/mol. The number of ether oxygens (including phenoxy) is 2. The molecular formula is C101H98BBrCl3F3N24O16. The molecule has 16 N–H and O–H groups in total. The molecule has 48 heteroatoms. The molecule has 16 aromatic rings. The number of carbonyl (C=O) groups is 10. The van der Waals surface area contributed by atoms with E-state index in [1.54, 1.807) is 223 Å². The lowest BCUT2D eigenvalue weighted by Crippen LogP contribution is -2.46. The molecule has 4 fully saturated rings. The van der Waals surface area contributed by atoms with Crippen LogP contribution in [0.3, 0.4) is 0 Å². The lowest BCUT2D eigenvalue weighted by atomic mass is 9.83. The minimum absolute atomic E-state index is 0. The number of aliphatic carboxylic acids is 1. The second-order valence-electron chi connectivity index (χ2n) is 35.8. The van der Waals surface area contributed by atoms with Crippen LogP contribution >= 0.6 is 51.5 Å². The number of esters is 2. The van der Waals surface area contributed by atoms with E-state index in [1.807, 2.05) is 12.1 Å². The number of nitrogens with one attached hydrogen (secondary N) is 3. The van der Waals surface area contributed by atoms with Crippen molar-refractivity contribution < 1.29 is 92.7 Å². The summed E-state index contributed by atoms with van der Waals surface area (Å²) in [6, 6.07) is 44.3. The van der Waals surface area contributed by atoms with Crippen LogP contribution < -0.4 is 44.3 Å². The Bertz CT molecular complexity index is 7670. The summed E-state index contributed by atoms with van der Waals surface area (Å²) in [5, 5.41) is 54.3. The minimum Gasteiger partial charge on any atom is -0.480 e. The van der Waals surface area contributed by atoms with Crippen LogP contribution in [0.2, 0.25) is 10.0 Å². The Morgan fingerprint density at radius 1 is 0.463 bits per heavy atom. The number of carbonyl (C=O) groups excluding carboxylic acids is 9. The maximum atomic E-state index is 15.6. The molecule has 2 aliphatic carbocycles. The molecule has 0 bridgehead atoms. The molecule has 0 radical (unpaired) electrons. The summed E-state index contributed by atoms with van der Waals surface area (Å²) >= 11 is 15.8. The number of halogens is 7. The summed E-state index contributed by atoms with van der Waals surface area (Å²) in [5.74, 6) is -5.92. The standard InChI is InChI=1S/C32H25ClFN7O3.C18H16ClFN2O.C18H19N5O3.C14H16BrN3O3.C14H11N5O3.C4H5BN2O2.CH3F.ClH.H2O/c33-23-6-2-1-4-20(23)21-5-3-7-24(29(21)34)38-32(44)27-12-18-11-26(18)41(27)28(42)15-40-25-9-8-17(19-13-36-16-37-14-19)10-22(25)30(39-40)31(35)43;19-13-6-2-1-4-11(13)12-5-3-7-14(17(12)20)22-18(23)16-9-10-8-15(10)21-16;1-18(2,3)26-15(24)9-23-14-5-4-11(12-7-20-10-21-8-12)6-13(14)16(22-23)17(19)25;1-14(2,3)21-11(19)7-18-10-5-4-8(15)6-9(10)12(17-18)13(16)20;15-14(22)13-10-3-8(9-4-16-7-17-5-9)1-2-11(10)19(18-13)6-12(20)21;8-5(9)4-1-6-3-7-2-4;1-2;;/h1-10,13-14,16,18,26-27H,11-12,15H2,(H2,35,43)(H,38,44);1-7,10,15-16,21H,8-9H2,(H,22,23);4-8,10H,9H2,1-3H3,(H2,19,25);4-6H,7H2,1-3H3,(H2,16,20);1-5,7H,6H2,(H2,15,22)(H,20,21);1-3,8-9H;1H3;1H;1H2/t18-,26-,27+;10-,15-,16+;;;;;;;/m11......./s1/i/hD. The first kappa shape index (κ1) is 110. The van der Waals surface area contributed by atoms with Gasteiger partial charge in [-0.25, -0.2) is 48.7 Å². The van der Waals surface area contributed by atoms with Gasteiger partial charge >= 0.3 is 25.0 Å². The number of aromatic nitrogens is 16. The predicted octanol–water partition coefficient (Wildman–Crippen LogP) is 11.7. The number of primary amides is 4. The molecule has 10 heterocycles. The summed E-state index contributed by atoms with van der Waals surface area (Å²) in [6.45, 7) is 9.98. The third-order valence-electron chi connectivity index (χ3n) is 23.2. The van der Waals surface area contributed by atoms with Gasteiger partial charge in [-0.2, -0.15) is 20.4 Å². The molecule has 0 spiro atoms. The van der Waals surface area contributed by atoms with Crippen molar-refractivity contribution in [1.82, 2.24) is 89.2 Å². The summed E-state index contributed by atoms with van der Waals surface area (Å²) < 4.78 is 61.5. The average molecular weight is 2160 g/mol. The molecule has 770 valence electrons. The van der Waals surface area contributed by atoms with Crippen molar-refractivity contribution in [3.05, 3.63) is 282 Å². The van der Waals surface area contributed by atoms with E-state index in [1.165, 1.54) is 62.5 Å². The maximum Gasteiger partial charge on any atom is 0.491 e. The number of alkyl halides is 1. The van der Waals surface area contributed by atoms with Gasteiger partial charge in [0.05, 0.1) is 46.7 Å². The molecule has 149 heavy (non-hydrogen) atoms. The smallest absolute Gasteiger partial charge is 0.480 e. The van der Waals surface area contributed by atoms with Crippen molar-refractivity contribution >= 4 is 178 Å². The van der Waals surface area contributed by atoms with Gasteiger partial charge in [-0.3, -0.25) is 71.1 Å². The number of amides is 7. The van der Waals surface area contributed by atoms with Crippen LogP contribution in [0, 0.1) is 23.5 Å². The molecule has 7 amide bonds. The Balaban J connectivity index is 0.000000166. The van der Waals surface area contributed by atoms with Gasteiger partial charge in [-0.1, -0.05) is 118 Å². The zero-order chi connectivity index (χ0) is 108. The van der Waals surface area contributed by atoms with Crippen LogP contribution in [0.4, 0.5) is 24.5 Å². The normalized spacial score (nSPS) is 15.2. The van der Waals surface area contributed by atoms with Crippen LogP contribution in [-0.2, 0) is 64.4 Å². The number of fused-ring (bicyclic) bond motifs is 6. The third-order valence-corrected chi connectivity index (χ3v) is 24.3. The highest BCUT2D eigenvalue weighted by molar-refractivity contribution is 9.10. The van der Waals surface area contributed by atoms with E-state index in [9.17, 15) is 56.7 Å². The average Bonchev–Trinajstić information content (AvgIpc) is 1.57. The van der Waals surface area contributed by atoms with Crippen molar-refractivity contribution in [2.75, 3.05) is 17.8 Å². The number of piperidine rings is 2. The number of likely N-dealkylation sites (tertiary alicyclic amines) is 1. The topological polar surface area (TPSA) is 599 Å². The highest BCUT2D eigenvalue weighted by atomic mass is 79.9. The largest absolute Gasteiger partial charge is 0.491 e. The number of benzene rings is 8. The number of hydrogen-bond donors (Lipinski definition) is 10. The zero-order valence-electron chi connectivity index (χ0n) is 81.4. The van der Waals surface area contributed by atoms with Crippen LogP contribution in [0.5, 0.6) is 0 Å². The first-order valence-corrected chi connectivity index (χ1v) is 46.8. The number of nitrogens with two attached hydrogens (primary N) is 4. The summed E-state index contributed by atoms with van der Waals surface area (Å²) in [7, 11) is -0.966. The monoisotopic (exact) mass is 2160 g/mol. The Hall–Kier alpha value is -16.3. The van der Waals surface area contributed by atoms with E-state index >= 15 is 4.39 Å². The highest BCUT2D eigenvalue weighted by Crippen LogP contribution is 2.49. The zero-order valence-corrected chi connectivity index (χ0v) is 84.3. The number of carboxylic acids is 1. The van der Waals surface area contributed by atoms with Crippen LogP contribution in [0.15, 0.2) is 237 Å². The maximum absolute atomic E-state index is 15.6. The molecule has 20 rings (SSSR count). The Kier molecular flexibility index (Phi) is 36.0. The van der Waals surface area contributed by atoms with E-state index in [0.29, 0.717) is 101 Å². The number of nitrogens with zero attached hydrogens (tertiary/aromatic N) is 17. The van der Waals surface area contributed by atoms with Crippen molar-refractivity contribution in [3.63, 3.8) is 0 Å². The second kappa shape index (κ2) is 48.8. The number of anilines is 2. The molecule has 0 unspecified atom stereocenters. The van der Waals surface area contributed by atoms with Crippen LogP contribution in [0.1, 0.15) is 111 Å². The Morgan fingerprint density at radius 3 is 1.17 bits per heavy atom. The fourth-order valence-electron chi connectivity index (χ4n) is 16.6. The summed E-state index contributed by atoms with van der Waals surface area (Å²) in [5.41, 5.74) is 36.4. The van der Waals surface area contributed by atoms with Crippen LogP contribution in [-0.4, -0.2) is 213 Å². The first-order chi connectivity index (χ1) is 71.2. The summed E-state index contributed by atoms with van der Waals surface area (Å²) in [6.07, 6.45) is 21.5. The van der Waals surface area contributed by atoms with Crippen molar-refractivity contribution in [2.24, 2.45) is 34.8 Å². The van der Waals surface area contributed by atoms with E-state index in [2.05, 4.69) is 92.1 Å². The summed E-state index contributed by atoms with van der Waals surface area (Å²) in [4.78, 5) is 154. The van der Waals surface area contributed by atoms with E-state index in [-0.39, 0.29) is 108 Å². The number of carboxylic acid groups (broad SMARTS) is 1. The first-order valence-electron chi connectivity index (χ1n) is 45.7. The predicted molar refractivity (Wildman–Crippen MR) is 554 cm³/mol. The van der Waals surface area contributed by atoms with E-state index in [4.69, 9.17) is 77.7 Å². The van der Waals surface area contributed by atoms with E-state index in [0.717, 1.165) is 57.1 Å². The van der Waals surface area contributed by atoms with Gasteiger partial charge < -0.3 is 73.9 Å². The fraction of sp³-hybridized carbons (Fsp3) is 0.228. The lowest BCUT2D eigenvalue weighted by molar-refractivity contribution is -0.156. The second-order valence-corrected chi connectivity index (χ2v) is 37.5. The Morgan fingerprint density at radius 2 is 0.819 bits per heavy atom. The Labute approximate surface area is 873 Å². The third kappa shape index (κ3) is 27.5. The SMILES string of the molecule is CC(C)(C)OC(=O)Cn1nc(C(N)=O)c2cc(-c3cncnc3)ccc21.CC(C)(C)OC(=O)Cn1nc(C(N)=O)c2cc(Br)ccc21.CF.Cl.NC(=O)c1nn(CC(=O)N2[C@@H]3C[C@@H]3C[C@H]2C(=O)Nc2cccc(-c3ccccc3Cl)c2F)c2ccc(-c3cncnc3)cc12.NC(=O)c1nn(CC(=O)O)c2ccc(-c3cncnc3)cc12.O=C(Nc1cccc(-c2ccccc2Cl)c1F)[C@@H]1C[C@H]2C[C@H]2N1.OB(O)c1cncnc1.[2H]O. The van der Waals surface area contributed by atoms with Crippen LogP contribution in [0.25, 0.3) is 99.2 Å². The van der Waals surface area contributed by atoms with Gasteiger partial charge in [0.2, 0.25) is 19.2 Å². The molecule has 6 atom stereocenters. The van der Waals surface area contributed by atoms with Gasteiger partial charge in [-0.15, -0.1) is 12.4 Å². The minimum atomic E-state index is -1.47. The highest BCUT2D eigenvalue weighted by Gasteiger charge is 2.56. The van der Waals surface area contributed by atoms with Gasteiger partial charge in [0, 0.05) is 142 Å². The van der Waals surface area contributed by atoms with Crippen molar-refractivity contribution in [3.8, 4) is 55.6 Å². The molecule has 8 aromatic heterocycles. The number of rotatable bonds is 22. The van der Waals surface area contributed by atoms with Crippen molar-refractivity contribution in [1.29, 1.82) is 0 Å². The molecule has 2 saturated heterocycles. The van der Waals surface area contributed by atoms with Gasteiger partial charge in [0.15, 0.2) is 34.4 Å². The molecule has 8 aromatic carbocycles. The number of hydrogen-bond acceptors (Lipinski definition) is 27. The van der Waals surface area contributed by atoms with Gasteiger partial charge in [0.25, 0.3) is 23.6 Å². The molecule has 40 nitrogen and oxygen atoms in total.